The second kappa shape index (κ2) is 6.67. The number of hydrogen-bond acceptors (Lipinski definition) is 6. The van der Waals surface area contributed by atoms with E-state index in [2.05, 4.69) is 15.0 Å². The molecular formula is C12H17N3O4. The molecule has 1 rings (SSSR count). The van der Waals surface area contributed by atoms with E-state index in [4.69, 9.17) is 0 Å². The third-order valence-electron chi connectivity index (χ3n) is 2.49. The van der Waals surface area contributed by atoms with E-state index in [1.165, 1.54) is 25.4 Å². The number of nitro groups is 1. The highest BCUT2D eigenvalue weighted by Crippen LogP contribution is 2.22. The van der Waals surface area contributed by atoms with E-state index in [9.17, 15) is 14.9 Å². The highest BCUT2D eigenvalue weighted by atomic mass is 16.6. The molecule has 7 heteroatoms. The standard InChI is InChI=1S/C12H17N3O4/c1-8(2)7-9(12(16)19-3)14-11-10(15(17)18)5-4-6-13-11/h4-6,8-9H,7H2,1-3H3,(H,13,14). The van der Waals surface area contributed by atoms with Crippen molar-refractivity contribution in [1.82, 2.24) is 4.98 Å². The average molecular weight is 267 g/mol. The van der Waals surface area contributed by atoms with Crippen molar-refractivity contribution in [2.24, 2.45) is 5.92 Å². The molecule has 0 saturated heterocycles. The van der Waals surface area contributed by atoms with Crippen LogP contribution in [0, 0.1) is 16.0 Å². The number of carbonyl (C=O) groups is 1. The molecule has 1 N–H and O–H groups in total. The summed E-state index contributed by atoms with van der Waals surface area (Å²) in [6.07, 6.45) is 1.93. The maximum Gasteiger partial charge on any atom is 0.328 e. The summed E-state index contributed by atoms with van der Waals surface area (Å²) in [5.41, 5.74) is -0.167. The molecule has 0 bridgehead atoms. The van der Waals surface area contributed by atoms with Crippen LogP contribution in [0.1, 0.15) is 20.3 Å². The summed E-state index contributed by atoms with van der Waals surface area (Å²) in [6, 6.07) is 2.15. The van der Waals surface area contributed by atoms with Gasteiger partial charge in [-0.25, -0.2) is 9.78 Å². The predicted molar refractivity (Wildman–Crippen MR) is 69.8 cm³/mol. The Balaban J connectivity index is 2.96. The van der Waals surface area contributed by atoms with Crippen molar-refractivity contribution in [2.45, 2.75) is 26.3 Å². The Hall–Kier alpha value is -2.18. The Morgan fingerprint density at radius 2 is 2.26 bits per heavy atom. The van der Waals surface area contributed by atoms with Crippen LogP contribution in [-0.2, 0) is 9.53 Å². The number of nitrogens with one attached hydrogen (secondary N) is 1. The Labute approximate surface area is 111 Å². The zero-order valence-corrected chi connectivity index (χ0v) is 11.1. The maximum atomic E-state index is 11.7. The third-order valence-corrected chi connectivity index (χ3v) is 2.49. The molecule has 1 heterocycles. The molecule has 1 aromatic heterocycles. The topological polar surface area (TPSA) is 94.4 Å². The van der Waals surface area contributed by atoms with Crippen molar-refractivity contribution in [1.29, 1.82) is 0 Å². The van der Waals surface area contributed by atoms with Crippen LogP contribution >= 0.6 is 0 Å². The highest BCUT2D eigenvalue weighted by molar-refractivity contribution is 5.79. The second-order valence-corrected chi connectivity index (χ2v) is 4.48. The third kappa shape index (κ3) is 4.20. The van der Waals surface area contributed by atoms with Crippen LogP contribution in [0.3, 0.4) is 0 Å². The van der Waals surface area contributed by atoms with Gasteiger partial charge in [0, 0.05) is 12.3 Å². The first-order chi connectivity index (χ1) is 8.95. The lowest BCUT2D eigenvalue weighted by molar-refractivity contribution is -0.384. The molecule has 0 spiro atoms. The van der Waals surface area contributed by atoms with Gasteiger partial charge < -0.3 is 10.1 Å². The lowest BCUT2D eigenvalue weighted by atomic mass is 10.0. The average Bonchev–Trinajstić information content (AvgIpc) is 2.36. The van der Waals surface area contributed by atoms with E-state index < -0.39 is 16.9 Å². The van der Waals surface area contributed by atoms with Crippen LogP contribution in [0.5, 0.6) is 0 Å². The SMILES string of the molecule is COC(=O)C(CC(C)C)Nc1ncccc1[N+](=O)[O-]. The van der Waals surface area contributed by atoms with E-state index in [0.717, 1.165) is 0 Å². The quantitative estimate of drug-likeness (QED) is 0.481. The molecule has 0 aliphatic carbocycles. The number of carbonyl (C=O) groups excluding carboxylic acids is 1. The smallest absolute Gasteiger partial charge is 0.328 e. The van der Waals surface area contributed by atoms with Crippen LogP contribution < -0.4 is 5.32 Å². The van der Waals surface area contributed by atoms with Gasteiger partial charge in [-0.05, 0) is 18.4 Å². The van der Waals surface area contributed by atoms with Gasteiger partial charge in [0.2, 0.25) is 5.82 Å². The Kier molecular flexibility index (Phi) is 5.23. The van der Waals surface area contributed by atoms with Crippen LogP contribution in [0.25, 0.3) is 0 Å². The molecule has 0 aliphatic heterocycles. The van der Waals surface area contributed by atoms with Crippen molar-refractivity contribution < 1.29 is 14.5 Å². The van der Waals surface area contributed by atoms with Crippen molar-refractivity contribution in [3.63, 3.8) is 0 Å². The minimum Gasteiger partial charge on any atom is -0.467 e. The number of hydrogen-bond donors (Lipinski definition) is 1. The fourth-order valence-electron chi connectivity index (χ4n) is 1.65. The number of nitrogens with zero attached hydrogens (tertiary/aromatic N) is 2. The normalized spacial score (nSPS) is 12.0. The molecule has 1 unspecified atom stereocenters. The van der Waals surface area contributed by atoms with Crippen LogP contribution in [0.2, 0.25) is 0 Å². The molecule has 19 heavy (non-hydrogen) atoms. The molecule has 0 radical (unpaired) electrons. The van der Waals surface area contributed by atoms with Crippen molar-refractivity contribution in [3.8, 4) is 0 Å². The molecular weight excluding hydrogens is 250 g/mol. The van der Waals surface area contributed by atoms with E-state index in [-0.39, 0.29) is 17.4 Å². The number of pyridine rings is 1. The van der Waals surface area contributed by atoms with E-state index in [1.807, 2.05) is 13.8 Å². The molecule has 0 amide bonds. The minimum absolute atomic E-state index is 0.0727. The summed E-state index contributed by atoms with van der Waals surface area (Å²) in [6.45, 7) is 3.90. The number of methoxy groups -OCH3 is 1. The van der Waals surface area contributed by atoms with Gasteiger partial charge in [-0.3, -0.25) is 10.1 Å². The van der Waals surface area contributed by atoms with E-state index >= 15 is 0 Å². The van der Waals surface area contributed by atoms with Crippen LogP contribution in [-0.4, -0.2) is 29.0 Å². The van der Waals surface area contributed by atoms with Gasteiger partial charge in [-0.15, -0.1) is 0 Å². The largest absolute Gasteiger partial charge is 0.467 e. The minimum atomic E-state index is -0.654. The van der Waals surface area contributed by atoms with Crippen molar-refractivity contribution in [2.75, 3.05) is 12.4 Å². The van der Waals surface area contributed by atoms with Crippen molar-refractivity contribution in [3.05, 3.63) is 28.4 Å². The van der Waals surface area contributed by atoms with Crippen molar-refractivity contribution >= 4 is 17.5 Å². The lowest BCUT2D eigenvalue weighted by Gasteiger charge is -2.18. The van der Waals surface area contributed by atoms with Gasteiger partial charge in [0.25, 0.3) is 0 Å². The second-order valence-electron chi connectivity index (χ2n) is 4.48. The van der Waals surface area contributed by atoms with Gasteiger partial charge in [0.1, 0.15) is 6.04 Å². The summed E-state index contributed by atoms with van der Waals surface area (Å²) in [4.78, 5) is 25.9. The molecule has 0 aliphatic rings. The first-order valence-corrected chi connectivity index (χ1v) is 5.89. The zero-order chi connectivity index (χ0) is 14.4. The number of esters is 1. The van der Waals surface area contributed by atoms with E-state index in [1.54, 1.807) is 0 Å². The van der Waals surface area contributed by atoms with Gasteiger partial charge in [-0.2, -0.15) is 0 Å². The monoisotopic (exact) mass is 267 g/mol. The Morgan fingerprint density at radius 1 is 1.58 bits per heavy atom. The Bertz CT molecular complexity index is 462. The molecule has 0 saturated carbocycles. The van der Waals surface area contributed by atoms with Gasteiger partial charge in [0.05, 0.1) is 12.0 Å². The molecule has 0 aromatic carbocycles. The molecule has 1 atom stereocenters. The number of rotatable bonds is 6. The summed E-state index contributed by atoms with van der Waals surface area (Å²) < 4.78 is 4.69. The first kappa shape index (κ1) is 14.9. The summed E-state index contributed by atoms with van der Waals surface area (Å²) in [5.74, 6) is -0.156. The predicted octanol–water partition coefficient (Wildman–Crippen LogP) is 1.99. The van der Waals surface area contributed by atoms with Gasteiger partial charge >= 0.3 is 11.7 Å². The summed E-state index contributed by atoms with van der Waals surface area (Å²) in [7, 11) is 1.28. The zero-order valence-electron chi connectivity index (χ0n) is 11.1. The first-order valence-electron chi connectivity index (χ1n) is 5.89. The molecule has 7 nitrogen and oxygen atoms in total. The van der Waals surface area contributed by atoms with E-state index in [0.29, 0.717) is 6.42 Å². The molecule has 0 fully saturated rings. The number of anilines is 1. The van der Waals surface area contributed by atoms with Gasteiger partial charge in [-0.1, -0.05) is 13.8 Å². The number of aromatic nitrogens is 1. The molecule has 104 valence electrons. The lowest BCUT2D eigenvalue weighted by Crippen LogP contribution is -2.32. The summed E-state index contributed by atoms with van der Waals surface area (Å²) >= 11 is 0. The Morgan fingerprint density at radius 3 is 2.79 bits per heavy atom. The molecule has 1 aromatic rings. The van der Waals surface area contributed by atoms with Gasteiger partial charge in [0.15, 0.2) is 0 Å². The van der Waals surface area contributed by atoms with Crippen LogP contribution in [0.15, 0.2) is 18.3 Å². The van der Waals surface area contributed by atoms with Crippen LogP contribution in [0.4, 0.5) is 11.5 Å². The maximum absolute atomic E-state index is 11.7. The fourth-order valence-corrected chi connectivity index (χ4v) is 1.65. The highest BCUT2D eigenvalue weighted by Gasteiger charge is 2.24. The fraction of sp³-hybridized carbons (Fsp3) is 0.500. The number of ether oxygens (including phenoxy) is 1. The summed E-state index contributed by atoms with van der Waals surface area (Å²) in [5, 5.41) is 13.7.